The average Bonchev–Trinajstić information content (AvgIpc) is 3.46. The molecule has 1 aliphatic heterocycles. The zero-order valence-corrected chi connectivity index (χ0v) is 20.3. The number of fused-ring (bicyclic) bond motifs is 1. The number of halogens is 3. The van der Waals surface area contributed by atoms with Crippen LogP contribution in [0.5, 0.6) is 0 Å². The summed E-state index contributed by atoms with van der Waals surface area (Å²) in [6.45, 7) is 5.03. The second-order valence-corrected chi connectivity index (χ2v) is 8.90. The minimum atomic E-state index is -4.53. The second-order valence-electron chi connectivity index (χ2n) is 8.90. The van der Waals surface area contributed by atoms with Gasteiger partial charge in [-0.25, -0.2) is 4.98 Å². The molecule has 4 rings (SSSR count). The van der Waals surface area contributed by atoms with Gasteiger partial charge < -0.3 is 11.1 Å². The lowest BCUT2D eigenvalue weighted by atomic mass is 9.96. The van der Waals surface area contributed by atoms with E-state index in [1.54, 1.807) is 16.8 Å². The van der Waals surface area contributed by atoms with E-state index in [9.17, 15) is 18.0 Å². The number of hydrogen-bond acceptors (Lipinski definition) is 5. The summed E-state index contributed by atoms with van der Waals surface area (Å²) in [5.74, 6) is -0.102. The standard InChI is InChI=1S/C26H29F3N6O/c1-16-12-18(13-17(2)22(16)25(36)33-8-5-3-4-7-30)14-20-24-34-15-21(35(24)11-10-31-20)19-6-9-32-23(19)26(27,28)29/h6,10-13,15H,3-5,7-9,14,30H2,1-2H3,(H,33,36). The smallest absolute Gasteiger partial charge is 0.352 e. The van der Waals surface area contributed by atoms with Gasteiger partial charge in [-0.1, -0.05) is 24.6 Å². The number of unbranched alkanes of at least 4 members (excludes halogenated alkanes) is 2. The molecule has 0 spiro atoms. The summed E-state index contributed by atoms with van der Waals surface area (Å²) in [5.41, 5.74) is 9.37. The lowest BCUT2D eigenvalue weighted by Crippen LogP contribution is -2.26. The first kappa shape index (κ1) is 25.6. The number of nitrogens with two attached hydrogens (primary N) is 1. The average molecular weight is 499 g/mol. The normalized spacial score (nSPS) is 13.7. The van der Waals surface area contributed by atoms with Gasteiger partial charge >= 0.3 is 6.18 Å². The van der Waals surface area contributed by atoms with Crippen molar-refractivity contribution in [2.24, 2.45) is 10.7 Å². The number of alkyl halides is 3. The number of allylic oxidation sites excluding steroid dienone is 1. The molecule has 0 saturated carbocycles. The predicted molar refractivity (Wildman–Crippen MR) is 133 cm³/mol. The van der Waals surface area contributed by atoms with Gasteiger partial charge in [-0.2, -0.15) is 13.2 Å². The van der Waals surface area contributed by atoms with Gasteiger partial charge in [-0.05, 0) is 49.9 Å². The van der Waals surface area contributed by atoms with Crippen LogP contribution in [0.15, 0.2) is 41.8 Å². The fourth-order valence-electron chi connectivity index (χ4n) is 4.62. The summed E-state index contributed by atoms with van der Waals surface area (Å²) in [4.78, 5) is 25.2. The maximum absolute atomic E-state index is 13.4. The van der Waals surface area contributed by atoms with Crippen LogP contribution in [0, 0.1) is 13.8 Å². The molecule has 3 heterocycles. The van der Waals surface area contributed by atoms with Crippen LogP contribution >= 0.6 is 0 Å². The van der Waals surface area contributed by atoms with E-state index >= 15 is 0 Å². The van der Waals surface area contributed by atoms with Crippen molar-refractivity contribution in [3.8, 4) is 0 Å². The Labute approximate surface area is 207 Å². The molecular weight excluding hydrogens is 469 g/mol. The van der Waals surface area contributed by atoms with Crippen LogP contribution in [0.4, 0.5) is 13.2 Å². The van der Waals surface area contributed by atoms with Crippen molar-refractivity contribution in [3.63, 3.8) is 0 Å². The van der Waals surface area contributed by atoms with E-state index in [1.807, 2.05) is 26.0 Å². The Morgan fingerprint density at radius 3 is 2.58 bits per heavy atom. The summed E-state index contributed by atoms with van der Waals surface area (Å²) in [6, 6.07) is 3.89. The molecule has 0 atom stereocenters. The highest BCUT2D eigenvalue weighted by atomic mass is 19.4. The molecule has 10 heteroatoms. The highest BCUT2D eigenvalue weighted by molar-refractivity contribution is 6.27. The third kappa shape index (κ3) is 5.33. The van der Waals surface area contributed by atoms with Crippen LogP contribution in [0.3, 0.4) is 0 Å². The van der Waals surface area contributed by atoms with Crippen LogP contribution in [-0.2, 0) is 6.42 Å². The monoisotopic (exact) mass is 498 g/mol. The van der Waals surface area contributed by atoms with Crippen LogP contribution in [-0.4, -0.2) is 51.8 Å². The number of rotatable bonds is 9. The number of nitrogens with zero attached hydrogens (tertiary/aromatic N) is 4. The third-order valence-electron chi connectivity index (χ3n) is 6.20. The molecule has 1 aliphatic rings. The second kappa shape index (κ2) is 10.6. The van der Waals surface area contributed by atoms with Crippen LogP contribution in [0.2, 0.25) is 0 Å². The van der Waals surface area contributed by atoms with E-state index in [-0.39, 0.29) is 18.0 Å². The first-order valence-electron chi connectivity index (χ1n) is 11.9. The molecule has 2 aromatic heterocycles. The molecule has 0 radical (unpaired) electrons. The maximum Gasteiger partial charge on any atom is 0.433 e. The zero-order valence-electron chi connectivity index (χ0n) is 20.3. The molecule has 0 saturated heterocycles. The number of carbonyl (C=O) groups is 1. The number of imidazole rings is 1. The first-order valence-corrected chi connectivity index (χ1v) is 11.9. The lowest BCUT2D eigenvalue weighted by Gasteiger charge is -2.13. The molecule has 3 aromatic rings. The van der Waals surface area contributed by atoms with Crippen molar-refractivity contribution >= 4 is 22.8 Å². The lowest BCUT2D eigenvalue weighted by molar-refractivity contribution is -0.0571. The molecule has 0 aliphatic carbocycles. The van der Waals surface area contributed by atoms with Gasteiger partial charge in [0.25, 0.3) is 5.91 Å². The number of benzene rings is 1. The van der Waals surface area contributed by atoms with Crippen molar-refractivity contribution in [2.45, 2.75) is 45.7 Å². The number of aliphatic imine (C=N–C) groups is 1. The zero-order chi connectivity index (χ0) is 25.9. The quantitative estimate of drug-likeness (QED) is 0.432. The van der Waals surface area contributed by atoms with Gasteiger partial charge in [0, 0.05) is 36.5 Å². The number of aromatic nitrogens is 3. The van der Waals surface area contributed by atoms with Crippen LogP contribution in [0.25, 0.3) is 11.2 Å². The van der Waals surface area contributed by atoms with Crippen LogP contribution in [0.1, 0.15) is 57.7 Å². The Balaban J connectivity index is 1.55. The van der Waals surface area contributed by atoms with E-state index in [0.29, 0.717) is 42.1 Å². The largest absolute Gasteiger partial charge is 0.433 e. The molecule has 3 N–H and O–H groups in total. The SMILES string of the molecule is Cc1cc(Cc2nccn3c(C4=CCN=C4C(F)(F)F)cnc23)cc(C)c1C(=O)NCCCCCN. The molecule has 1 amide bonds. The van der Waals surface area contributed by atoms with Crippen molar-refractivity contribution < 1.29 is 18.0 Å². The van der Waals surface area contributed by atoms with Gasteiger partial charge in [0.2, 0.25) is 0 Å². The number of nitrogens with one attached hydrogen (secondary N) is 1. The molecule has 0 fully saturated rings. The Morgan fingerprint density at radius 1 is 1.14 bits per heavy atom. The summed E-state index contributed by atoms with van der Waals surface area (Å²) < 4.78 is 41.8. The number of aryl methyl sites for hydroxylation is 2. The van der Waals surface area contributed by atoms with Gasteiger partial charge in [0.1, 0.15) is 5.71 Å². The fraction of sp³-hybridized carbons (Fsp3) is 0.385. The summed E-state index contributed by atoms with van der Waals surface area (Å²) in [5, 5.41) is 2.98. The highest BCUT2D eigenvalue weighted by Crippen LogP contribution is 2.32. The Bertz CT molecular complexity index is 1320. The van der Waals surface area contributed by atoms with Crippen molar-refractivity contribution in [3.05, 3.63) is 70.4 Å². The molecule has 0 bridgehead atoms. The van der Waals surface area contributed by atoms with Crippen molar-refractivity contribution in [1.82, 2.24) is 19.7 Å². The van der Waals surface area contributed by atoms with E-state index < -0.39 is 11.9 Å². The van der Waals surface area contributed by atoms with Crippen LogP contribution < -0.4 is 11.1 Å². The number of amides is 1. The molecule has 1 aromatic carbocycles. The fourth-order valence-corrected chi connectivity index (χ4v) is 4.62. The minimum absolute atomic E-state index is 0.0124. The van der Waals surface area contributed by atoms with Gasteiger partial charge in [-0.3, -0.25) is 19.2 Å². The number of hydrogen-bond donors (Lipinski definition) is 2. The topological polar surface area (TPSA) is 97.7 Å². The van der Waals surface area contributed by atoms with Crippen molar-refractivity contribution in [2.75, 3.05) is 19.6 Å². The van der Waals surface area contributed by atoms with E-state index in [2.05, 4.69) is 20.3 Å². The van der Waals surface area contributed by atoms with Gasteiger partial charge in [-0.15, -0.1) is 0 Å². The van der Waals surface area contributed by atoms with Gasteiger partial charge in [0.15, 0.2) is 5.65 Å². The molecule has 190 valence electrons. The van der Waals surface area contributed by atoms with E-state index in [1.165, 1.54) is 12.3 Å². The molecular formula is C26H29F3N6O. The number of carbonyl (C=O) groups excluding carboxylic acids is 1. The third-order valence-corrected chi connectivity index (χ3v) is 6.20. The Morgan fingerprint density at radius 2 is 1.89 bits per heavy atom. The summed E-state index contributed by atoms with van der Waals surface area (Å²) in [7, 11) is 0. The maximum atomic E-state index is 13.4. The molecule has 0 unspecified atom stereocenters. The first-order chi connectivity index (χ1) is 17.2. The Hall–Kier alpha value is -3.53. The van der Waals surface area contributed by atoms with E-state index in [4.69, 9.17) is 5.73 Å². The Kier molecular flexibility index (Phi) is 7.53. The van der Waals surface area contributed by atoms with Crippen molar-refractivity contribution in [1.29, 1.82) is 0 Å². The minimum Gasteiger partial charge on any atom is -0.352 e. The summed E-state index contributed by atoms with van der Waals surface area (Å²) in [6.07, 6.45) is 4.73. The molecule has 36 heavy (non-hydrogen) atoms. The van der Waals surface area contributed by atoms with Gasteiger partial charge in [0.05, 0.1) is 24.1 Å². The predicted octanol–water partition coefficient (Wildman–Crippen LogP) is 4.20. The van der Waals surface area contributed by atoms with E-state index in [0.717, 1.165) is 36.0 Å². The summed E-state index contributed by atoms with van der Waals surface area (Å²) >= 11 is 0. The molecule has 7 nitrogen and oxygen atoms in total. The highest BCUT2D eigenvalue weighted by Gasteiger charge is 2.40.